The maximum atomic E-state index is 4.17. The zero-order valence-electron chi connectivity index (χ0n) is 7.64. The van der Waals surface area contributed by atoms with Crippen LogP contribution in [0.4, 0.5) is 0 Å². The van der Waals surface area contributed by atoms with Gasteiger partial charge in [0, 0.05) is 12.4 Å². The normalized spacial score (nSPS) is 16.4. The van der Waals surface area contributed by atoms with E-state index in [9.17, 15) is 0 Å². The second-order valence-corrected chi connectivity index (χ2v) is 3.16. The van der Waals surface area contributed by atoms with Gasteiger partial charge in [0.05, 0.1) is 5.70 Å². The molecule has 0 atom stereocenters. The van der Waals surface area contributed by atoms with E-state index in [1.54, 1.807) is 6.20 Å². The molecule has 0 amide bonds. The van der Waals surface area contributed by atoms with Crippen LogP contribution in [0.5, 0.6) is 0 Å². The van der Waals surface area contributed by atoms with Crippen LogP contribution in [0.15, 0.2) is 48.3 Å². The van der Waals surface area contributed by atoms with E-state index in [2.05, 4.69) is 36.3 Å². The van der Waals surface area contributed by atoms with Gasteiger partial charge < -0.3 is 0 Å². The predicted molar refractivity (Wildman–Crippen MR) is 54.0 cm³/mol. The van der Waals surface area contributed by atoms with E-state index in [4.69, 9.17) is 0 Å². The summed E-state index contributed by atoms with van der Waals surface area (Å²) in [6, 6.07) is 1.93. The molecule has 2 rings (SSSR count). The topological polar surface area (TPSA) is 17.8 Å². The molecule has 0 unspecified atom stereocenters. The van der Waals surface area contributed by atoms with Crippen molar-refractivity contribution >= 4 is 5.70 Å². The van der Waals surface area contributed by atoms with Crippen molar-refractivity contribution in [2.24, 2.45) is 0 Å². The molecule has 0 spiro atoms. The van der Waals surface area contributed by atoms with Gasteiger partial charge >= 0.3 is 0 Å². The second-order valence-electron chi connectivity index (χ2n) is 3.16. The lowest BCUT2D eigenvalue weighted by Crippen LogP contribution is -1.93. The first-order valence-corrected chi connectivity index (χ1v) is 4.40. The largest absolute Gasteiger partial charge is 0.241 e. The van der Waals surface area contributed by atoms with Crippen molar-refractivity contribution in [1.29, 1.82) is 0 Å². The average Bonchev–Trinajstić information content (AvgIpc) is 2.56. The van der Waals surface area contributed by atoms with E-state index in [-0.39, 0.29) is 0 Å². The summed E-state index contributed by atoms with van der Waals surface area (Å²) in [5, 5.41) is 4.17. The van der Waals surface area contributed by atoms with Crippen molar-refractivity contribution in [1.82, 2.24) is 9.78 Å². The Morgan fingerprint density at radius 3 is 3.08 bits per heavy atom. The van der Waals surface area contributed by atoms with Gasteiger partial charge in [-0.15, -0.1) is 0 Å². The molecule has 2 nitrogen and oxygen atoms in total. The van der Waals surface area contributed by atoms with E-state index in [0.717, 1.165) is 12.1 Å². The zero-order chi connectivity index (χ0) is 9.10. The van der Waals surface area contributed by atoms with Gasteiger partial charge in [-0.25, -0.2) is 4.68 Å². The molecule has 0 aliphatic heterocycles. The number of nitrogens with zero attached hydrogens (tertiary/aromatic N) is 2. The zero-order valence-corrected chi connectivity index (χ0v) is 7.64. The molecule has 66 valence electrons. The second kappa shape index (κ2) is 3.44. The Balaban J connectivity index is 2.34. The van der Waals surface area contributed by atoms with Gasteiger partial charge in [0.25, 0.3) is 0 Å². The van der Waals surface area contributed by atoms with Gasteiger partial charge in [-0.3, -0.25) is 0 Å². The molecule has 0 N–H and O–H groups in total. The summed E-state index contributed by atoms with van der Waals surface area (Å²) in [4.78, 5) is 0. The minimum Gasteiger partial charge on any atom is -0.241 e. The van der Waals surface area contributed by atoms with E-state index < -0.39 is 0 Å². The molecule has 0 aromatic carbocycles. The molecule has 0 fully saturated rings. The van der Waals surface area contributed by atoms with Crippen LogP contribution in [-0.4, -0.2) is 9.78 Å². The Kier molecular flexibility index (Phi) is 2.13. The van der Waals surface area contributed by atoms with Crippen molar-refractivity contribution in [3.05, 3.63) is 48.3 Å². The van der Waals surface area contributed by atoms with Crippen molar-refractivity contribution < 1.29 is 0 Å². The van der Waals surface area contributed by atoms with Gasteiger partial charge in [0.2, 0.25) is 0 Å². The van der Waals surface area contributed by atoms with Crippen molar-refractivity contribution in [2.45, 2.75) is 13.3 Å². The van der Waals surface area contributed by atoms with Gasteiger partial charge in [0.1, 0.15) is 0 Å². The quantitative estimate of drug-likeness (QED) is 0.636. The van der Waals surface area contributed by atoms with Crippen LogP contribution in [0.1, 0.15) is 13.3 Å². The average molecular weight is 172 g/mol. The summed E-state index contributed by atoms with van der Waals surface area (Å²) in [6.45, 7) is 2.13. The molecule has 1 aromatic rings. The molecular formula is C11H12N2. The minimum atomic E-state index is 1.03. The third kappa shape index (κ3) is 1.78. The van der Waals surface area contributed by atoms with Gasteiger partial charge in [-0.2, -0.15) is 5.10 Å². The Hall–Kier alpha value is -1.57. The molecule has 0 bridgehead atoms. The van der Waals surface area contributed by atoms with Crippen LogP contribution >= 0.6 is 0 Å². The van der Waals surface area contributed by atoms with E-state index in [1.165, 1.54) is 5.57 Å². The Morgan fingerprint density at radius 2 is 2.31 bits per heavy atom. The molecule has 13 heavy (non-hydrogen) atoms. The molecule has 0 saturated heterocycles. The molecule has 1 heterocycles. The molecule has 1 aliphatic carbocycles. The van der Waals surface area contributed by atoms with Crippen molar-refractivity contribution in [2.75, 3.05) is 0 Å². The monoisotopic (exact) mass is 172 g/mol. The minimum absolute atomic E-state index is 1.03. The lowest BCUT2D eigenvalue weighted by atomic mass is 10.2. The standard InChI is InChI=1S/C11H12N2/c1-10-4-2-5-11(7-6-10)13-9-3-8-12-13/h2-3,5-9H,4H2,1H3. The highest BCUT2D eigenvalue weighted by molar-refractivity contribution is 5.59. The summed E-state index contributed by atoms with van der Waals surface area (Å²) in [7, 11) is 0. The number of hydrogen-bond acceptors (Lipinski definition) is 1. The lowest BCUT2D eigenvalue weighted by Gasteiger charge is -1.98. The highest BCUT2D eigenvalue weighted by Gasteiger charge is 1.97. The predicted octanol–water partition coefficient (Wildman–Crippen LogP) is 2.63. The van der Waals surface area contributed by atoms with Crippen molar-refractivity contribution in [3.8, 4) is 0 Å². The molecule has 0 radical (unpaired) electrons. The van der Waals surface area contributed by atoms with Crippen molar-refractivity contribution in [3.63, 3.8) is 0 Å². The first kappa shape index (κ1) is 8.05. The van der Waals surface area contributed by atoms with Gasteiger partial charge in [-0.05, 0) is 31.6 Å². The molecule has 1 aliphatic rings. The molecular weight excluding hydrogens is 160 g/mol. The van der Waals surface area contributed by atoms with Crippen LogP contribution in [0.2, 0.25) is 0 Å². The maximum absolute atomic E-state index is 4.17. The SMILES string of the molecule is CC1=CC=C(n2cccn2)C=CC1. The molecule has 0 saturated carbocycles. The summed E-state index contributed by atoms with van der Waals surface area (Å²) >= 11 is 0. The number of allylic oxidation sites excluding steroid dienone is 6. The Bertz CT molecular complexity index is 367. The lowest BCUT2D eigenvalue weighted by molar-refractivity contribution is 0.910. The first-order valence-electron chi connectivity index (χ1n) is 4.40. The summed E-state index contributed by atoms with van der Waals surface area (Å²) in [5.41, 5.74) is 2.49. The van der Waals surface area contributed by atoms with Crippen LogP contribution in [0.25, 0.3) is 5.70 Å². The summed E-state index contributed by atoms with van der Waals surface area (Å²) in [6.07, 6.45) is 13.2. The van der Waals surface area contributed by atoms with E-state index >= 15 is 0 Å². The summed E-state index contributed by atoms with van der Waals surface area (Å²) < 4.78 is 1.87. The Morgan fingerprint density at radius 1 is 1.38 bits per heavy atom. The fourth-order valence-electron chi connectivity index (χ4n) is 1.29. The number of aromatic nitrogens is 2. The molecule has 2 heteroatoms. The fraction of sp³-hybridized carbons (Fsp3) is 0.182. The van der Waals surface area contributed by atoms with Crippen LogP contribution in [-0.2, 0) is 0 Å². The first-order chi connectivity index (χ1) is 6.36. The fourth-order valence-corrected chi connectivity index (χ4v) is 1.29. The highest BCUT2D eigenvalue weighted by atomic mass is 15.3. The maximum Gasteiger partial charge on any atom is 0.0642 e. The summed E-state index contributed by atoms with van der Waals surface area (Å²) in [5.74, 6) is 0. The smallest absolute Gasteiger partial charge is 0.0642 e. The molecule has 1 aromatic heterocycles. The van der Waals surface area contributed by atoms with Gasteiger partial charge in [-0.1, -0.05) is 17.7 Å². The number of hydrogen-bond donors (Lipinski definition) is 0. The number of rotatable bonds is 1. The van der Waals surface area contributed by atoms with Crippen LogP contribution in [0.3, 0.4) is 0 Å². The Labute approximate surface area is 77.9 Å². The van der Waals surface area contributed by atoms with Crippen LogP contribution in [0, 0.1) is 0 Å². The van der Waals surface area contributed by atoms with Gasteiger partial charge in [0.15, 0.2) is 0 Å². The third-order valence-electron chi connectivity index (χ3n) is 2.04. The van der Waals surface area contributed by atoms with Crippen LogP contribution < -0.4 is 0 Å². The van der Waals surface area contributed by atoms with E-state index in [0.29, 0.717) is 0 Å². The third-order valence-corrected chi connectivity index (χ3v) is 2.04. The highest BCUT2D eigenvalue weighted by Crippen LogP contribution is 2.13. The van der Waals surface area contributed by atoms with E-state index in [1.807, 2.05) is 16.9 Å².